The summed E-state index contributed by atoms with van der Waals surface area (Å²) in [6.45, 7) is 0.0716. The molecule has 4 rings (SSSR count). The van der Waals surface area contributed by atoms with Crippen LogP contribution < -0.4 is 10.1 Å². The molecule has 3 aromatic rings. The largest absolute Gasteiger partial charge is 0.497 e. The van der Waals surface area contributed by atoms with Gasteiger partial charge in [0.2, 0.25) is 5.91 Å². The number of methoxy groups -OCH3 is 1. The number of imide groups is 1. The fourth-order valence-electron chi connectivity index (χ4n) is 3.10. The molecule has 2 aromatic carbocycles. The first-order valence-corrected chi connectivity index (χ1v) is 9.26. The molecule has 0 spiro atoms. The van der Waals surface area contributed by atoms with Crippen LogP contribution in [0.4, 0.5) is 0 Å². The van der Waals surface area contributed by atoms with Gasteiger partial charge in [0.15, 0.2) is 5.82 Å². The number of nitrogens with zero attached hydrogens (tertiary/aromatic N) is 3. The summed E-state index contributed by atoms with van der Waals surface area (Å²) in [6.07, 6.45) is -0.0192. The van der Waals surface area contributed by atoms with E-state index in [2.05, 4.69) is 15.5 Å². The second-order valence-corrected chi connectivity index (χ2v) is 6.58. The standard InChI is InChI=1S/C21H18N4O5/c1-29-14-8-6-13(7-9-14)19-23-17(24-30-19)12-22-18(26)10-11-25-20(27)15-4-2-3-5-16(15)21(25)28/h2-9H,10-12H2,1H3,(H,22,26). The zero-order chi connectivity index (χ0) is 21.1. The highest BCUT2D eigenvalue weighted by molar-refractivity contribution is 6.21. The molecule has 0 unspecified atom stereocenters. The maximum atomic E-state index is 12.3. The lowest BCUT2D eigenvalue weighted by Crippen LogP contribution is -2.34. The Labute approximate surface area is 171 Å². The molecular weight excluding hydrogens is 388 g/mol. The monoisotopic (exact) mass is 406 g/mol. The van der Waals surface area contributed by atoms with Crippen LogP contribution in [0.5, 0.6) is 5.75 Å². The molecule has 0 saturated heterocycles. The summed E-state index contributed by atoms with van der Waals surface area (Å²) in [5, 5.41) is 6.51. The van der Waals surface area contributed by atoms with Gasteiger partial charge in [-0.25, -0.2) is 0 Å². The summed E-state index contributed by atoms with van der Waals surface area (Å²) in [5.74, 6) is 0.255. The predicted molar refractivity (Wildman–Crippen MR) is 105 cm³/mol. The Balaban J connectivity index is 1.29. The molecule has 0 bridgehead atoms. The van der Waals surface area contributed by atoms with Gasteiger partial charge < -0.3 is 14.6 Å². The molecule has 1 aromatic heterocycles. The van der Waals surface area contributed by atoms with E-state index in [0.717, 1.165) is 10.5 Å². The van der Waals surface area contributed by atoms with Crippen molar-refractivity contribution in [3.8, 4) is 17.2 Å². The fourth-order valence-corrected chi connectivity index (χ4v) is 3.10. The maximum Gasteiger partial charge on any atom is 0.261 e. The molecular formula is C21H18N4O5. The molecule has 152 valence electrons. The van der Waals surface area contributed by atoms with Crippen LogP contribution in [-0.2, 0) is 11.3 Å². The molecule has 0 fully saturated rings. The molecule has 9 heteroatoms. The van der Waals surface area contributed by atoms with E-state index in [1.807, 2.05) is 0 Å². The summed E-state index contributed by atoms with van der Waals surface area (Å²) >= 11 is 0. The number of ether oxygens (including phenoxy) is 1. The highest BCUT2D eigenvalue weighted by Crippen LogP contribution is 2.23. The van der Waals surface area contributed by atoms with Crippen LogP contribution in [-0.4, -0.2) is 46.4 Å². The first-order chi connectivity index (χ1) is 14.6. The van der Waals surface area contributed by atoms with Crippen LogP contribution in [0.15, 0.2) is 53.1 Å². The van der Waals surface area contributed by atoms with Crippen LogP contribution >= 0.6 is 0 Å². The van der Waals surface area contributed by atoms with Crippen molar-refractivity contribution in [3.63, 3.8) is 0 Å². The van der Waals surface area contributed by atoms with E-state index in [4.69, 9.17) is 9.26 Å². The zero-order valence-corrected chi connectivity index (χ0v) is 16.1. The molecule has 3 amide bonds. The second kappa shape index (κ2) is 8.16. The van der Waals surface area contributed by atoms with E-state index in [-0.39, 0.29) is 37.2 Å². The van der Waals surface area contributed by atoms with Gasteiger partial charge in [0.05, 0.1) is 24.8 Å². The van der Waals surface area contributed by atoms with Gasteiger partial charge in [0, 0.05) is 18.5 Å². The van der Waals surface area contributed by atoms with E-state index in [9.17, 15) is 14.4 Å². The summed E-state index contributed by atoms with van der Waals surface area (Å²) in [4.78, 5) is 42.1. The minimum atomic E-state index is -0.384. The average Bonchev–Trinajstić information content (AvgIpc) is 3.35. The van der Waals surface area contributed by atoms with E-state index in [1.54, 1.807) is 55.6 Å². The Hall–Kier alpha value is -4.01. The number of rotatable bonds is 7. The molecule has 30 heavy (non-hydrogen) atoms. The summed E-state index contributed by atoms with van der Waals surface area (Å²) in [5.41, 5.74) is 1.45. The third kappa shape index (κ3) is 3.77. The van der Waals surface area contributed by atoms with Gasteiger partial charge in [-0.05, 0) is 36.4 Å². The minimum Gasteiger partial charge on any atom is -0.497 e. The van der Waals surface area contributed by atoms with Crippen LogP contribution in [0.1, 0.15) is 33.0 Å². The lowest BCUT2D eigenvalue weighted by molar-refractivity contribution is -0.121. The van der Waals surface area contributed by atoms with Crippen LogP contribution in [0.2, 0.25) is 0 Å². The van der Waals surface area contributed by atoms with Gasteiger partial charge in [0.1, 0.15) is 5.75 Å². The van der Waals surface area contributed by atoms with E-state index >= 15 is 0 Å². The smallest absolute Gasteiger partial charge is 0.261 e. The van der Waals surface area contributed by atoms with Crippen molar-refractivity contribution >= 4 is 17.7 Å². The number of carbonyl (C=O) groups is 3. The van der Waals surface area contributed by atoms with Crippen molar-refractivity contribution in [3.05, 3.63) is 65.5 Å². The Kier molecular flexibility index (Phi) is 5.25. The zero-order valence-electron chi connectivity index (χ0n) is 16.1. The molecule has 9 nitrogen and oxygen atoms in total. The number of hydrogen-bond donors (Lipinski definition) is 1. The number of carbonyl (C=O) groups excluding carboxylic acids is 3. The van der Waals surface area contributed by atoms with Crippen LogP contribution in [0.25, 0.3) is 11.5 Å². The van der Waals surface area contributed by atoms with Crippen LogP contribution in [0, 0.1) is 0 Å². The molecule has 0 radical (unpaired) electrons. The molecule has 0 aliphatic carbocycles. The van der Waals surface area contributed by atoms with Crippen molar-refractivity contribution in [1.82, 2.24) is 20.4 Å². The molecule has 1 aliphatic rings. The number of benzene rings is 2. The van der Waals surface area contributed by atoms with E-state index in [0.29, 0.717) is 28.6 Å². The fraction of sp³-hybridized carbons (Fsp3) is 0.190. The van der Waals surface area contributed by atoms with Gasteiger partial charge in [-0.15, -0.1) is 0 Å². The normalized spacial score (nSPS) is 12.8. The lowest BCUT2D eigenvalue weighted by Gasteiger charge is -2.13. The third-order valence-electron chi connectivity index (χ3n) is 4.69. The number of aromatic nitrogens is 2. The van der Waals surface area contributed by atoms with Gasteiger partial charge in [-0.2, -0.15) is 4.98 Å². The molecule has 1 aliphatic heterocycles. The van der Waals surface area contributed by atoms with E-state index < -0.39 is 0 Å². The Bertz CT molecular complexity index is 1070. The third-order valence-corrected chi connectivity index (χ3v) is 4.69. The number of hydrogen-bond acceptors (Lipinski definition) is 7. The summed E-state index contributed by atoms with van der Waals surface area (Å²) in [7, 11) is 1.58. The molecule has 1 N–H and O–H groups in total. The Morgan fingerprint density at radius 2 is 1.73 bits per heavy atom. The SMILES string of the molecule is COc1ccc(-c2nc(CNC(=O)CCN3C(=O)c4ccccc4C3=O)no2)cc1. The topological polar surface area (TPSA) is 115 Å². The van der Waals surface area contributed by atoms with Crippen molar-refractivity contribution in [2.45, 2.75) is 13.0 Å². The first kappa shape index (κ1) is 19.3. The van der Waals surface area contributed by atoms with E-state index in [1.165, 1.54) is 0 Å². The highest BCUT2D eigenvalue weighted by Gasteiger charge is 2.34. The predicted octanol–water partition coefficient (Wildman–Crippen LogP) is 2.05. The van der Waals surface area contributed by atoms with Gasteiger partial charge in [-0.1, -0.05) is 17.3 Å². The first-order valence-electron chi connectivity index (χ1n) is 9.26. The van der Waals surface area contributed by atoms with Gasteiger partial charge >= 0.3 is 0 Å². The Morgan fingerprint density at radius 1 is 1.07 bits per heavy atom. The lowest BCUT2D eigenvalue weighted by atomic mass is 10.1. The number of nitrogens with one attached hydrogen (secondary N) is 1. The van der Waals surface area contributed by atoms with Crippen molar-refractivity contribution < 1.29 is 23.6 Å². The molecule has 2 heterocycles. The van der Waals surface area contributed by atoms with Crippen molar-refractivity contribution in [2.24, 2.45) is 0 Å². The quantitative estimate of drug-likeness (QED) is 0.597. The average molecular weight is 406 g/mol. The summed E-state index contributed by atoms with van der Waals surface area (Å²) < 4.78 is 10.3. The molecule has 0 saturated carbocycles. The minimum absolute atomic E-state index is 0.00151. The second-order valence-electron chi connectivity index (χ2n) is 6.58. The van der Waals surface area contributed by atoms with Crippen molar-refractivity contribution in [2.75, 3.05) is 13.7 Å². The number of amides is 3. The van der Waals surface area contributed by atoms with Crippen LogP contribution in [0.3, 0.4) is 0 Å². The number of fused-ring (bicyclic) bond motifs is 1. The maximum absolute atomic E-state index is 12.3. The highest BCUT2D eigenvalue weighted by atomic mass is 16.5. The Morgan fingerprint density at radius 3 is 2.37 bits per heavy atom. The van der Waals surface area contributed by atoms with Gasteiger partial charge in [0.25, 0.3) is 17.7 Å². The summed E-state index contributed by atoms with van der Waals surface area (Å²) in [6, 6.07) is 13.7. The van der Waals surface area contributed by atoms with Gasteiger partial charge in [-0.3, -0.25) is 19.3 Å². The van der Waals surface area contributed by atoms with Crippen molar-refractivity contribution in [1.29, 1.82) is 0 Å². The molecule has 0 atom stereocenters.